The summed E-state index contributed by atoms with van der Waals surface area (Å²) >= 11 is 0. The minimum absolute atomic E-state index is 0.00736. The van der Waals surface area contributed by atoms with Crippen LogP contribution in [0.2, 0.25) is 0 Å². The average Bonchev–Trinajstić information content (AvgIpc) is 2.40. The van der Waals surface area contributed by atoms with Crippen LogP contribution in [0, 0.1) is 5.92 Å². The van der Waals surface area contributed by atoms with Crippen LogP contribution in [-0.2, 0) is 4.79 Å². The molecule has 2 atom stereocenters. The maximum atomic E-state index is 13.0. The van der Waals surface area contributed by atoms with Crippen molar-refractivity contribution in [3.8, 4) is 0 Å². The molecule has 0 radical (unpaired) electrons. The lowest BCUT2D eigenvalue weighted by Gasteiger charge is -2.26. The van der Waals surface area contributed by atoms with Crippen LogP contribution in [-0.4, -0.2) is 29.3 Å². The number of carbonyl (C=O) groups excluding carboxylic acids is 1. The van der Waals surface area contributed by atoms with Crippen LogP contribution in [0.5, 0.6) is 0 Å². The fraction of sp³-hybridized carbons (Fsp3) is 0.667. The topological polar surface area (TPSA) is 49.3 Å². The number of aliphatic hydroxyl groups excluding tert-OH is 1. The summed E-state index contributed by atoms with van der Waals surface area (Å²) in [5, 5.41) is 12.4. The van der Waals surface area contributed by atoms with Gasteiger partial charge in [0.05, 0.1) is 12.1 Å². The predicted octanol–water partition coefficient (Wildman–Crippen LogP) is 2.27. The highest BCUT2D eigenvalue weighted by Gasteiger charge is 2.26. The van der Waals surface area contributed by atoms with Gasteiger partial charge in [-0.25, -0.2) is 4.39 Å². The van der Waals surface area contributed by atoms with Crippen LogP contribution < -0.4 is 5.32 Å². The summed E-state index contributed by atoms with van der Waals surface area (Å²) in [5.74, 6) is 0.0593. The van der Waals surface area contributed by atoms with Crippen molar-refractivity contribution in [1.82, 2.24) is 5.32 Å². The van der Waals surface area contributed by atoms with E-state index >= 15 is 0 Å². The third-order valence-corrected chi connectivity index (χ3v) is 4.00. The highest BCUT2D eigenvalue weighted by Crippen LogP contribution is 2.25. The molecule has 1 saturated carbocycles. The molecule has 0 aromatic rings. The first-order valence-electron chi connectivity index (χ1n) is 7.07. The minimum Gasteiger partial charge on any atom is -0.393 e. The van der Waals surface area contributed by atoms with Gasteiger partial charge in [-0.15, -0.1) is 0 Å². The largest absolute Gasteiger partial charge is 0.393 e. The lowest BCUT2D eigenvalue weighted by molar-refractivity contribution is -0.126. The number of carbonyl (C=O) groups is 1. The Hall–Kier alpha value is -1.16. The van der Waals surface area contributed by atoms with E-state index in [1.807, 2.05) is 13.0 Å². The number of hydrogen-bond acceptors (Lipinski definition) is 2. The molecule has 2 aliphatic carbocycles. The van der Waals surface area contributed by atoms with Gasteiger partial charge in [0.25, 0.3) is 0 Å². The van der Waals surface area contributed by atoms with Crippen LogP contribution in [0.1, 0.15) is 39.0 Å². The molecule has 0 heterocycles. The summed E-state index contributed by atoms with van der Waals surface area (Å²) in [5.41, 5.74) is 0.970. The average molecular weight is 267 g/mol. The fourth-order valence-corrected chi connectivity index (χ4v) is 2.68. The second-order valence-electron chi connectivity index (χ2n) is 5.55. The van der Waals surface area contributed by atoms with Crippen molar-refractivity contribution < 1.29 is 14.3 Å². The first-order valence-corrected chi connectivity index (χ1v) is 7.07. The first-order chi connectivity index (χ1) is 9.06. The molecule has 106 valence electrons. The quantitative estimate of drug-likeness (QED) is 0.824. The molecule has 2 N–H and O–H groups in total. The molecule has 1 fully saturated rings. The van der Waals surface area contributed by atoms with Crippen LogP contribution in [0.15, 0.2) is 23.8 Å². The number of halogens is 1. The van der Waals surface area contributed by atoms with Crippen molar-refractivity contribution in [2.75, 3.05) is 0 Å². The highest BCUT2D eigenvalue weighted by molar-refractivity contribution is 5.79. The normalized spacial score (nSPS) is 32.6. The van der Waals surface area contributed by atoms with Crippen LogP contribution >= 0.6 is 0 Å². The fourth-order valence-electron chi connectivity index (χ4n) is 2.68. The van der Waals surface area contributed by atoms with Gasteiger partial charge in [-0.1, -0.05) is 18.2 Å². The number of hydrogen-bond donors (Lipinski definition) is 2. The molecule has 19 heavy (non-hydrogen) atoms. The van der Waals surface area contributed by atoms with Crippen molar-refractivity contribution in [3.05, 3.63) is 23.8 Å². The number of amides is 1. The van der Waals surface area contributed by atoms with E-state index in [1.54, 1.807) is 6.08 Å². The maximum absolute atomic E-state index is 13.0. The summed E-state index contributed by atoms with van der Waals surface area (Å²) in [6, 6.07) is -0.0805. The van der Waals surface area contributed by atoms with E-state index in [4.69, 9.17) is 0 Å². The smallest absolute Gasteiger partial charge is 0.223 e. The zero-order chi connectivity index (χ0) is 13.8. The van der Waals surface area contributed by atoms with Crippen LogP contribution in [0.3, 0.4) is 0 Å². The second-order valence-corrected chi connectivity index (χ2v) is 5.55. The second kappa shape index (κ2) is 6.33. The molecule has 0 saturated heterocycles. The van der Waals surface area contributed by atoms with Crippen molar-refractivity contribution in [3.63, 3.8) is 0 Å². The zero-order valence-electron chi connectivity index (χ0n) is 11.3. The minimum atomic E-state index is -0.897. The molecule has 2 unspecified atom stereocenters. The number of aliphatic hydroxyl groups is 1. The van der Waals surface area contributed by atoms with E-state index in [-0.39, 0.29) is 24.0 Å². The van der Waals surface area contributed by atoms with E-state index in [2.05, 4.69) is 5.32 Å². The Morgan fingerprint density at radius 1 is 1.42 bits per heavy atom. The molecular weight excluding hydrogens is 245 g/mol. The van der Waals surface area contributed by atoms with Gasteiger partial charge in [-0.3, -0.25) is 4.79 Å². The predicted molar refractivity (Wildman–Crippen MR) is 72.3 cm³/mol. The number of alkyl halides is 1. The molecule has 0 spiro atoms. The molecule has 0 aliphatic heterocycles. The standard InChI is InChI=1S/C15H22FNO2/c1-10(11-2-6-13(16)7-3-11)17-15(19)12-4-8-14(18)9-5-12/h2-3,6,10,12-14,18H,4-5,7-9H2,1H3,(H,17,19). The molecule has 0 bridgehead atoms. The molecule has 3 nitrogen and oxygen atoms in total. The Labute approximate surface area is 113 Å². The molecule has 4 heteroatoms. The van der Waals surface area contributed by atoms with E-state index in [0.29, 0.717) is 19.3 Å². The Morgan fingerprint density at radius 3 is 2.68 bits per heavy atom. The van der Waals surface area contributed by atoms with Gasteiger partial charge in [0.2, 0.25) is 5.91 Å². The number of nitrogens with one attached hydrogen (secondary N) is 1. The van der Waals surface area contributed by atoms with Crippen molar-refractivity contribution in [1.29, 1.82) is 0 Å². The maximum Gasteiger partial charge on any atom is 0.223 e. The summed E-state index contributed by atoms with van der Waals surface area (Å²) in [7, 11) is 0. The van der Waals surface area contributed by atoms with Crippen LogP contribution in [0.25, 0.3) is 0 Å². The lowest BCUT2D eigenvalue weighted by atomic mass is 9.86. The third-order valence-electron chi connectivity index (χ3n) is 4.00. The summed E-state index contributed by atoms with van der Waals surface area (Å²) < 4.78 is 13.0. The van der Waals surface area contributed by atoms with Gasteiger partial charge in [0, 0.05) is 12.3 Å². The zero-order valence-corrected chi connectivity index (χ0v) is 11.3. The van der Waals surface area contributed by atoms with Gasteiger partial charge < -0.3 is 10.4 Å². The summed E-state index contributed by atoms with van der Waals surface area (Å²) in [4.78, 5) is 12.1. The molecule has 1 amide bonds. The van der Waals surface area contributed by atoms with Gasteiger partial charge in [-0.2, -0.15) is 0 Å². The van der Waals surface area contributed by atoms with Gasteiger partial charge in [0.1, 0.15) is 6.17 Å². The highest BCUT2D eigenvalue weighted by atomic mass is 19.1. The summed E-state index contributed by atoms with van der Waals surface area (Å²) in [6.07, 6.45) is 7.30. The Balaban J connectivity index is 1.83. The first kappa shape index (κ1) is 14.3. The van der Waals surface area contributed by atoms with Gasteiger partial charge in [0.15, 0.2) is 0 Å². The molecule has 0 aromatic heterocycles. The lowest BCUT2D eigenvalue weighted by Crippen LogP contribution is -2.40. The molecule has 2 aliphatic rings. The Kier molecular flexibility index (Phi) is 4.75. The molecular formula is C15H22FNO2. The van der Waals surface area contributed by atoms with E-state index < -0.39 is 6.17 Å². The number of rotatable bonds is 3. The third kappa shape index (κ3) is 3.90. The van der Waals surface area contributed by atoms with E-state index in [9.17, 15) is 14.3 Å². The monoisotopic (exact) mass is 267 g/mol. The van der Waals surface area contributed by atoms with Crippen molar-refractivity contribution >= 4 is 5.91 Å². The Bertz CT molecular complexity index is 384. The molecule has 0 aromatic carbocycles. The number of allylic oxidation sites excluding steroid dienone is 2. The van der Waals surface area contributed by atoms with E-state index in [1.165, 1.54) is 6.08 Å². The van der Waals surface area contributed by atoms with Gasteiger partial charge >= 0.3 is 0 Å². The summed E-state index contributed by atoms with van der Waals surface area (Å²) in [6.45, 7) is 1.92. The SMILES string of the molecule is CC(NC(=O)C1CCC(O)CC1)C1=CCC(F)C=C1. The van der Waals surface area contributed by atoms with Crippen molar-refractivity contribution in [2.45, 2.75) is 57.3 Å². The Morgan fingerprint density at radius 2 is 2.11 bits per heavy atom. The van der Waals surface area contributed by atoms with Gasteiger partial charge in [-0.05, 0) is 38.2 Å². The van der Waals surface area contributed by atoms with Crippen molar-refractivity contribution in [2.24, 2.45) is 5.92 Å². The van der Waals surface area contributed by atoms with Crippen LogP contribution in [0.4, 0.5) is 4.39 Å². The molecule has 2 rings (SSSR count). The van der Waals surface area contributed by atoms with E-state index in [0.717, 1.165) is 18.4 Å².